The average Bonchev–Trinajstić information content (AvgIpc) is 2.78. The summed E-state index contributed by atoms with van der Waals surface area (Å²) in [7, 11) is 0.0546. The number of Topliss-reactive ketones (excluding diaryl/α,β-unsaturated/α-hetero) is 1. The Labute approximate surface area is 193 Å². The zero-order valence-corrected chi connectivity index (χ0v) is 18.8. The molecule has 0 N–H and O–H groups in total. The molecule has 0 saturated heterocycles. The number of carbonyl (C=O) groups is 1. The normalized spacial score (nSPS) is 16.6. The molecule has 2 heterocycles. The molecular formula is C24H16Cl2N2O2S. The lowest BCUT2D eigenvalue weighted by Gasteiger charge is -2.27. The van der Waals surface area contributed by atoms with Crippen LogP contribution in [0.25, 0.3) is 6.08 Å². The van der Waals surface area contributed by atoms with Gasteiger partial charge in [0.1, 0.15) is 4.91 Å². The van der Waals surface area contributed by atoms with Crippen LogP contribution in [0.2, 0.25) is 10.0 Å². The van der Waals surface area contributed by atoms with Gasteiger partial charge >= 0.3 is 0 Å². The zero-order chi connectivity index (χ0) is 22.0. The molecule has 0 aliphatic carbocycles. The van der Waals surface area contributed by atoms with Gasteiger partial charge in [-0.1, -0.05) is 47.2 Å². The molecule has 0 spiro atoms. The van der Waals surface area contributed by atoms with E-state index in [1.54, 1.807) is 60.2 Å². The summed E-state index contributed by atoms with van der Waals surface area (Å²) in [4.78, 5) is 17.4. The van der Waals surface area contributed by atoms with Crippen molar-refractivity contribution >= 4 is 51.7 Å². The van der Waals surface area contributed by atoms with Crippen molar-refractivity contribution in [2.75, 3.05) is 11.4 Å². The predicted molar refractivity (Wildman–Crippen MR) is 127 cm³/mol. The fourth-order valence-electron chi connectivity index (χ4n) is 3.14. The van der Waals surface area contributed by atoms with E-state index in [0.717, 1.165) is 5.56 Å². The summed E-state index contributed by atoms with van der Waals surface area (Å²) in [5.74, 6) is 5.90. The van der Waals surface area contributed by atoms with E-state index in [2.05, 4.69) is 16.8 Å². The Morgan fingerprint density at radius 2 is 1.97 bits per heavy atom. The quantitative estimate of drug-likeness (QED) is 0.379. The van der Waals surface area contributed by atoms with Crippen molar-refractivity contribution in [1.82, 2.24) is 4.98 Å². The Kier molecular flexibility index (Phi) is 6.24. The highest BCUT2D eigenvalue weighted by Gasteiger charge is 2.32. The number of rotatable bonds is 2. The van der Waals surface area contributed by atoms with Crippen molar-refractivity contribution in [2.45, 2.75) is 6.42 Å². The number of allylic oxidation sites excluding steroid dienone is 1. The van der Waals surface area contributed by atoms with Crippen LogP contribution < -0.4 is 4.31 Å². The van der Waals surface area contributed by atoms with Crippen LogP contribution in [0.5, 0.6) is 0 Å². The van der Waals surface area contributed by atoms with Crippen LogP contribution in [0.4, 0.5) is 5.69 Å². The number of halogens is 2. The highest BCUT2D eigenvalue weighted by Crippen LogP contribution is 2.34. The molecule has 0 bridgehead atoms. The van der Waals surface area contributed by atoms with Crippen molar-refractivity contribution in [3.05, 3.63) is 98.1 Å². The number of pyridine rings is 1. The molecule has 7 heteroatoms. The number of nitrogens with zero attached hydrogens (tertiary/aromatic N) is 2. The Morgan fingerprint density at radius 1 is 1.13 bits per heavy atom. The van der Waals surface area contributed by atoms with Gasteiger partial charge in [0, 0.05) is 37.0 Å². The highest BCUT2D eigenvalue weighted by molar-refractivity contribution is 7.91. The van der Waals surface area contributed by atoms with E-state index in [9.17, 15) is 9.00 Å². The molecule has 4 nitrogen and oxygen atoms in total. The van der Waals surface area contributed by atoms with Gasteiger partial charge in [0.2, 0.25) is 5.78 Å². The van der Waals surface area contributed by atoms with E-state index in [0.29, 0.717) is 38.8 Å². The molecule has 3 aromatic rings. The fourth-order valence-corrected chi connectivity index (χ4v) is 4.58. The summed E-state index contributed by atoms with van der Waals surface area (Å²) in [6, 6.07) is 14.2. The summed E-state index contributed by atoms with van der Waals surface area (Å²) in [6.07, 6.45) is 5.64. The molecule has 0 amide bonds. The maximum absolute atomic E-state index is 13.2. The molecule has 4 rings (SSSR count). The van der Waals surface area contributed by atoms with Crippen LogP contribution in [0.1, 0.15) is 27.0 Å². The van der Waals surface area contributed by atoms with Gasteiger partial charge in [0.05, 0.1) is 15.7 Å². The predicted octanol–water partition coefficient (Wildman–Crippen LogP) is 5.32. The van der Waals surface area contributed by atoms with E-state index < -0.39 is 11.0 Å². The molecule has 31 heavy (non-hydrogen) atoms. The summed E-state index contributed by atoms with van der Waals surface area (Å²) in [5.41, 5.74) is 3.45. The first-order chi connectivity index (χ1) is 14.9. The first-order valence-corrected chi connectivity index (χ1v) is 11.2. The Hall–Kier alpha value is -2.91. The van der Waals surface area contributed by atoms with Gasteiger partial charge in [-0.3, -0.25) is 14.1 Å². The maximum Gasteiger partial charge on any atom is 0.205 e. The van der Waals surface area contributed by atoms with Gasteiger partial charge in [-0.05, 0) is 53.6 Å². The van der Waals surface area contributed by atoms with E-state index >= 15 is 0 Å². The smallest absolute Gasteiger partial charge is 0.205 e. The minimum absolute atomic E-state index is 0.175. The Bertz CT molecular complexity index is 1290. The maximum atomic E-state index is 13.2. The molecule has 0 fully saturated rings. The standard InChI is InChI=1S/C24H16Cl2N2O2S/c1-28-22-10-8-16(4-2-5-17-6-3-11-27-15-17)12-19(22)24(29)23(31(28)30)14-18-7-9-20(25)21(26)13-18/h3,6-15H,5H2,1H3/b23-14-. The van der Waals surface area contributed by atoms with Gasteiger partial charge < -0.3 is 0 Å². The van der Waals surface area contributed by atoms with Gasteiger partial charge in [0.25, 0.3) is 0 Å². The lowest BCUT2D eigenvalue weighted by Crippen LogP contribution is -2.31. The number of ketones is 1. The number of carbonyl (C=O) groups excluding carboxylic acids is 1. The second kappa shape index (κ2) is 9.07. The molecule has 0 saturated carbocycles. The Morgan fingerprint density at radius 3 is 2.71 bits per heavy atom. The number of anilines is 1. The van der Waals surface area contributed by atoms with Gasteiger partial charge in [-0.15, -0.1) is 0 Å². The minimum Gasteiger partial charge on any atom is -0.290 e. The van der Waals surface area contributed by atoms with Crippen molar-refractivity contribution in [2.24, 2.45) is 0 Å². The SMILES string of the molecule is CN1c2ccc(C#CCc3cccnc3)cc2C(=O)/C(=C/c2ccc(Cl)c(Cl)c2)S1=O. The average molecular weight is 467 g/mol. The molecule has 0 radical (unpaired) electrons. The molecular weight excluding hydrogens is 451 g/mol. The van der Waals surface area contributed by atoms with Crippen molar-refractivity contribution in [3.8, 4) is 11.8 Å². The van der Waals surface area contributed by atoms with Gasteiger partial charge in [-0.2, -0.15) is 0 Å². The first-order valence-electron chi connectivity index (χ1n) is 9.33. The third-order valence-corrected chi connectivity index (χ3v) is 6.84. The molecule has 1 aliphatic rings. The summed E-state index contributed by atoms with van der Waals surface area (Å²) in [5, 5.41) is 0.780. The molecule has 1 atom stereocenters. The number of fused-ring (bicyclic) bond motifs is 1. The third kappa shape index (κ3) is 4.57. The van der Waals surface area contributed by atoms with Crippen molar-refractivity contribution < 1.29 is 9.00 Å². The zero-order valence-electron chi connectivity index (χ0n) is 16.4. The van der Waals surface area contributed by atoms with E-state index in [1.807, 2.05) is 18.2 Å². The molecule has 1 aliphatic heterocycles. The Balaban J connectivity index is 1.67. The van der Waals surface area contributed by atoms with Crippen LogP contribution in [0.15, 0.2) is 65.8 Å². The van der Waals surface area contributed by atoms with Gasteiger partial charge in [-0.25, -0.2) is 4.21 Å². The van der Waals surface area contributed by atoms with Crippen LogP contribution >= 0.6 is 23.2 Å². The first kappa shape index (κ1) is 21.3. The van der Waals surface area contributed by atoms with Crippen LogP contribution in [-0.4, -0.2) is 22.0 Å². The number of hydrogen-bond acceptors (Lipinski definition) is 3. The van der Waals surface area contributed by atoms with Crippen molar-refractivity contribution in [1.29, 1.82) is 0 Å². The van der Waals surface area contributed by atoms with Crippen LogP contribution in [0, 0.1) is 11.8 Å². The number of benzene rings is 2. The molecule has 154 valence electrons. The van der Waals surface area contributed by atoms with E-state index in [4.69, 9.17) is 23.2 Å². The highest BCUT2D eigenvalue weighted by atomic mass is 35.5. The van der Waals surface area contributed by atoms with Crippen molar-refractivity contribution in [3.63, 3.8) is 0 Å². The van der Waals surface area contributed by atoms with E-state index in [-0.39, 0.29) is 10.7 Å². The van der Waals surface area contributed by atoms with Crippen LogP contribution in [-0.2, 0) is 17.4 Å². The lowest BCUT2D eigenvalue weighted by atomic mass is 10.0. The molecule has 2 aromatic carbocycles. The summed E-state index contributed by atoms with van der Waals surface area (Å²) >= 11 is 12.0. The summed E-state index contributed by atoms with van der Waals surface area (Å²) < 4.78 is 14.5. The second-order valence-corrected chi connectivity index (χ2v) is 9.13. The van der Waals surface area contributed by atoms with Gasteiger partial charge in [0.15, 0.2) is 11.0 Å². The largest absolute Gasteiger partial charge is 0.290 e. The lowest BCUT2D eigenvalue weighted by molar-refractivity contribution is 0.104. The number of aromatic nitrogens is 1. The third-order valence-electron chi connectivity index (χ3n) is 4.73. The molecule has 1 unspecified atom stereocenters. The topological polar surface area (TPSA) is 50.3 Å². The summed E-state index contributed by atoms with van der Waals surface area (Å²) in [6.45, 7) is 0. The van der Waals surface area contributed by atoms with E-state index in [1.165, 1.54) is 0 Å². The number of hydrogen-bond donors (Lipinski definition) is 0. The second-order valence-electron chi connectivity index (χ2n) is 6.83. The minimum atomic E-state index is -1.64. The van der Waals surface area contributed by atoms with Crippen LogP contribution in [0.3, 0.4) is 0 Å². The molecule has 1 aromatic heterocycles. The monoisotopic (exact) mass is 466 g/mol. The fraction of sp³-hybridized carbons (Fsp3) is 0.0833.